The van der Waals surface area contributed by atoms with Gasteiger partial charge in [0.05, 0.1) is 0 Å². The molecular weight excluding hydrogens is 144 g/mol. The van der Waals surface area contributed by atoms with Crippen LogP contribution in [-0.4, -0.2) is 15.6 Å². The highest BCUT2D eigenvalue weighted by Gasteiger charge is 2.14. The second-order valence-corrected chi connectivity index (χ2v) is 2.49. The molecule has 0 bridgehead atoms. The van der Waals surface area contributed by atoms with Gasteiger partial charge in [-0.1, -0.05) is 0 Å². The van der Waals surface area contributed by atoms with Crippen molar-refractivity contribution in [3.05, 3.63) is 17.3 Å². The van der Waals surface area contributed by atoms with Crippen LogP contribution >= 0.6 is 0 Å². The number of carbonyl (C=O) groups is 1. The Morgan fingerprint density at radius 3 is 2.45 bits per heavy atom. The number of hydrogen-bond donors (Lipinski definition) is 2. The van der Waals surface area contributed by atoms with Gasteiger partial charge in [-0.2, -0.15) is 0 Å². The summed E-state index contributed by atoms with van der Waals surface area (Å²) in [6.07, 6.45) is 1.69. The minimum absolute atomic E-state index is 0.201. The van der Waals surface area contributed by atoms with E-state index in [1.165, 1.54) is 0 Å². The standard InChI is InChI=1S/C7H10N2O2/c1-4-3-9(2)6(8)5(4)7(10)11/h3H,8H2,1-2H3,(H,10,11). The Hall–Kier alpha value is -1.45. The van der Waals surface area contributed by atoms with Crippen molar-refractivity contribution in [3.63, 3.8) is 0 Å². The summed E-state index contributed by atoms with van der Waals surface area (Å²) in [6.45, 7) is 1.72. The molecule has 0 unspecified atom stereocenters. The van der Waals surface area contributed by atoms with Crippen LogP contribution in [-0.2, 0) is 7.05 Å². The van der Waals surface area contributed by atoms with Gasteiger partial charge < -0.3 is 15.4 Å². The van der Waals surface area contributed by atoms with Gasteiger partial charge in [-0.25, -0.2) is 4.79 Å². The van der Waals surface area contributed by atoms with Crippen LogP contribution < -0.4 is 5.73 Å². The summed E-state index contributed by atoms with van der Waals surface area (Å²) in [4.78, 5) is 10.6. The molecule has 0 spiro atoms. The molecule has 1 aromatic heterocycles. The first-order valence-corrected chi connectivity index (χ1v) is 3.18. The molecule has 4 nitrogen and oxygen atoms in total. The van der Waals surface area contributed by atoms with E-state index in [0.717, 1.165) is 0 Å². The van der Waals surface area contributed by atoms with E-state index in [-0.39, 0.29) is 5.56 Å². The molecule has 0 aliphatic carbocycles. The largest absolute Gasteiger partial charge is 0.478 e. The van der Waals surface area contributed by atoms with E-state index in [0.29, 0.717) is 11.4 Å². The third-order valence-electron chi connectivity index (χ3n) is 1.63. The van der Waals surface area contributed by atoms with E-state index in [4.69, 9.17) is 10.8 Å². The predicted molar refractivity (Wildman–Crippen MR) is 41.5 cm³/mol. The number of aromatic nitrogens is 1. The molecule has 0 amide bonds. The van der Waals surface area contributed by atoms with Crippen LogP contribution in [0.15, 0.2) is 6.20 Å². The number of carboxylic acid groups (broad SMARTS) is 1. The molecule has 1 aromatic rings. The Morgan fingerprint density at radius 2 is 2.27 bits per heavy atom. The van der Waals surface area contributed by atoms with Crippen molar-refractivity contribution in [1.29, 1.82) is 0 Å². The third-order valence-corrected chi connectivity index (χ3v) is 1.63. The fourth-order valence-corrected chi connectivity index (χ4v) is 1.08. The molecule has 0 fully saturated rings. The average molecular weight is 154 g/mol. The first-order valence-electron chi connectivity index (χ1n) is 3.18. The van der Waals surface area contributed by atoms with Crippen molar-refractivity contribution in [3.8, 4) is 0 Å². The maximum Gasteiger partial charge on any atom is 0.339 e. The number of anilines is 1. The summed E-state index contributed by atoms with van der Waals surface area (Å²) in [7, 11) is 1.72. The molecule has 0 atom stereocenters. The lowest BCUT2D eigenvalue weighted by Gasteiger charge is -1.95. The van der Waals surface area contributed by atoms with Gasteiger partial charge in [-0.15, -0.1) is 0 Å². The van der Waals surface area contributed by atoms with Crippen LogP contribution in [0.25, 0.3) is 0 Å². The lowest BCUT2D eigenvalue weighted by Crippen LogP contribution is -2.03. The highest BCUT2D eigenvalue weighted by molar-refractivity contribution is 5.94. The molecule has 0 aliphatic rings. The van der Waals surface area contributed by atoms with Crippen molar-refractivity contribution in [1.82, 2.24) is 4.57 Å². The molecule has 0 aliphatic heterocycles. The summed E-state index contributed by atoms with van der Waals surface area (Å²) < 4.78 is 1.60. The number of nitrogens with zero attached hydrogens (tertiary/aromatic N) is 1. The predicted octanol–water partition coefficient (Wildman–Crippen LogP) is 0.614. The minimum Gasteiger partial charge on any atom is -0.478 e. The van der Waals surface area contributed by atoms with Crippen molar-refractivity contribution in [2.75, 3.05) is 5.73 Å². The second kappa shape index (κ2) is 2.30. The first kappa shape index (κ1) is 7.65. The lowest BCUT2D eigenvalue weighted by molar-refractivity contribution is 0.0697. The normalized spacial score (nSPS) is 10.0. The molecule has 3 N–H and O–H groups in total. The van der Waals surface area contributed by atoms with Gasteiger partial charge in [-0.05, 0) is 12.5 Å². The zero-order valence-electron chi connectivity index (χ0n) is 6.46. The van der Waals surface area contributed by atoms with E-state index >= 15 is 0 Å². The average Bonchev–Trinajstić information content (AvgIpc) is 2.07. The Labute approximate surface area is 64.2 Å². The van der Waals surface area contributed by atoms with Gasteiger partial charge in [0.1, 0.15) is 11.4 Å². The summed E-state index contributed by atoms with van der Waals surface area (Å²) in [5.74, 6) is -0.671. The Kier molecular flexibility index (Phi) is 1.60. The molecule has 60 valence electrons. The maximum atomic E-state index is 10.6. The van der Waals surface area contributed by atoms with E-state index in [9.17, 15) is 4.79 Å². The number of carboxylic acids is 1. The van der Waals surface area contributed by atoms with Gasteiger partial charge >= 0.3 is 5.97 Å². The molecule has 1 rings (SSSR count). The van der Waals surface area contributed by atoms with Crippen LogP contribution in [0.3, 0.4) is 0 Å². The van der Waals surface area contributed by atoms with Crippen LogP contribution in [0.5, 0.6) is 0 Å². The topological polar surface area (TPSA) is 68.2 Å². The van der Waals surface area contributed by atoms with E-state index < -0.39 is 5.97 Å². The summed E-state index contributed by atoms with van der Waals surface area (Å²) >= 11 is 0. The quantitative estimate of drug-likeness (QED) is 0.622. The SMILES string of the molecule is Cc1cn(C)c(N)c1C(=O)O. The number of aryl methyl sites for hydroxylation is 2. The molecule has 1 heterocycles. The van der Waals surface area contributed by atoms with Crippen LogP contribution in [0, 0.1) is 6.92 Å². The lowest BCUT2D eigenvalue weighted by atomic mass is 10.2. The second-order valence-electron chi connectivity index (χ2n) is 2.49. The van der Waals surface area contributed by atoms with Crippen LogP contribution in [0.1, 0.15) is 15.9 Å². The monoisotopic (exact) mass is 154 g/mol. The van der Waals surface area contributed by atoms with Crippen LogP contribution in [0.2, 0.25) is 0 Å². The number of nitrogen functional groups attached to an aromatic ring is 1. The van der Waals surface area contributed by atoms with Gasteiger partial charge in [0.2, 0.25) is 0 Å². The minimum atomic E-state index is -0.972. The highest BCUT2D eigenvalue weighted by atomic mass is 16.4. The van der Waals surface area contributed by atoms with Crippen molar-refractivity contribution >= 4 is 11.8 Å². The number of nitrogens with two attached hydrogens (primary N) is 1. The smallest absolute Gasteiger partial charge is 0.339 e. The van der Waals surface area contributed by atoms with E-state index in [1.807, 2.05) is 0 Å². The highest BCUT2D eigenvalue weighted by Crippen LogP contribution is 2.17. The molecule has 0 radical (unpaired) electrons. The number of rotatable bonds is 1. The molecule has 0 saturated heterocycles. The summed E-state index contributed by atoms with van der Waals surface area (Å²) in [5.41, 5.74) is 6.38. The van der Waals surface area contributed by atoms with Crippen molar-refractivity contribution in [2.24, 2.45) is 7.05 Å². The van der Waals surface area contributed by atoms with E-state index in [1.54, 1.807) is 24.7 Å². The Morgan fingerprint density at radius 1 is 1.73 bits per heavy atom. The fourth-order valence-electron chi connectivity index (χ4n) is 1.08. The van der Waals surface area contributed by atoms with E-state index in [2.05, 4.69) is 0 Å². The number of hydrogen-bond acceptors (Lipinski definition) is 2. The fraction of sp³-hybridized carbons (Fsp3) is 0.286. The third kappa shape index (κ3) is 1.07. The molecule has 4 heteroatoms. The zero-order chi connectivity index (χ0) is 8.59. The zero-order valence-corrected chi connectivity index (χ0v) is 6.46. The first-order chi connectivity index (χ1) is 5.04. The molecule has 11 heavy (non-hydrogen) atoms. The van der Waals surface area contributed by atoms with Crippen molar-refractivity contribution < 1.29 is 9.90 Å². The van der Waals surface area contributed by atoms with Gasteiger partial charge in [0, 0.05) is 13.2 Å². The maximum absolute atomic E-state index is 10.6. The molecule has 0 saturated carbocycles. The van der Waals surface area contributed by atoms with Gasteiger partial charge in [0.15, 0.2) is 0 Å². The van der Waals surface area contributed by atoms with Crippen molar-refractivity contribution in [2.45, 2.75) is 6.92 Å². The number of aromatic carboxylic acids is 1. The summed E-state index contributed by atoms with van der Waals surface area (Å²) in [6, 6.07) is 0. The van der Waals surface area contributed by atoms with Gasteiger partial charge in [-0.3, -0.25) is 0 Å². The Balaban J connectivity index is 3.34. The van der Waals surface area contributed by atoms with Gasteiger partial charge in [0.25, 0.3) is 0 Å². The van der Waals surface area contributed by atoms with Crippen LogP contribution in [0.4, 0.5) is 5.82 Å². The molecule has 0 aromatic carbocycles. The summed E-state index contributed by atoms with van der Waals surface area (Å²) in [5, 5.41) is 8.67. The Bertz CT molecular complexity index is 302. The molecular formula is C7H10N2O2.